The van der Waals surface area contributed by atoms with E-state index in [0.29, 0.717) is 24.4 Å². The van der Waals surface area contributed by atoms with E-state index in [-0.39, 0.29) is 0 Å². The quantitative estimate of drug-likeness (QED) is 0.932. The molecule has 1 aromatic carbocycles. The Labute approximate surface area is 139 Å². The number of piperidine rings is 1. The molecule has 5 nitrogen and oxygen atoms in total. The SMILES string of the molecule is O=C(O)[C@@]1(Cc2cccc(Cl)c2)CCCN(c2cnccn2)C1. The van der Waals surface area contributed by atoms with Gasteiger partial charge in [0.15, 0.2) is 0 Å². The number of carbonyl (C=O) groups is 1. The van der Waals surface area contributed by atoms with E-state index in [4.69, 9.17) is 11.6 Å². The smallest absolute Gasteiger partial charge is 0.311 e. The fraction of sp³-hybridized carbons (Fsp3) is 0.353. The number of carboxylic acids is 1. The van der Waals surface area contributed by atoms with Crippen molar-refractivity contribution in [1.82, 2.24) is 9.97 Å². The van der Waals surface area contributed by atoms with Gasteiger partial charge >= 0.3 is 5.97 Å². The van der Waals surface area contributed by atoms with E-state index >= 15 is 0 Å². The first kappa shape index (κ1) is 15.7. The fourth-order valence-corrected chi connectivity index (χ4v) is 3.43. The first-order valence-corrected chi connectivity index (χ1v) is 7.96. The Bertz CT molecular complexity index is 695. The normalized spacial score (nSPS) is 21.2. The largest absolute Gasteiger partial charge is 0.481 e. The Kier molecular flexibility index (Phi) is 4.48. The van der Waals surface area contributed by atoms with Gasteiger partial charge in [-0.15, -0.1) is 0 Å². The zero-order chi connectivity index (χ0) is 16.3. The van der Waals surface area contributed by atoms with Gasteiger partial charge in [-0.1, -0.05) is 23.7 Å². The van der Waals surface area contributed by atoms with Crippen LogP contribution in [0.4, 0.5) is 5.82 Å². The van der Waals surface area contributed by atoms with Crippen LogP contribution >= 0.6 is 11.6 Å². The highest BCUT2D eigenvalue weighted by atomic mass is 35.5. The van der Waals surface area contributed by atoms with Gasteiger partial charge in [-0.25, -0.2) is 4.98 Å². The van der Waals surface area contributed by atoms with Crippen molar-refractivity contribution in [3.05, 3.63) is 53.4 Å². The van der Waals surface area contributed by atoms with Crippen molar-refractivity contribution in [3.8, 4) is 0 Å². The molecule has 2 heterocycles. The van der Waals surface area contributed by atoms with Gasteiger partial charge in [-0.05, 0) is 37.0 Å². The van der Waals surface area contributed by atoms with Crippen molar-refractivity contribution in [2.75, 3.05) is 18.0 Å². The van der Waals surface area contributed by atoms with Crippen molar-refractivity contribution in [2.45, 2.75) is 19.3 Å². The molecule has 1 saturated heterocycles. The number of hydrogen-bond donors (Lipinski definition) is 1. The summed E-state index contributed by atoms with van der Waals surface area (Å²) < 4.78 is 0. The molecule has 1 aromatic heterocycles. The minimum atomic E-state index is -0.833. The van der Waals surface area contributed by atoms with Gasteiger partial charge in [0, 0.05) is 30.5 Å². The maximum atomic E-state index is 12.0. The van der Waals surface area contributed by atoms with Crippen molar-refractivity contribution in [1.29, 1.82) is 0 Å². The predicted octanol–water partition coefficient (Wildman–Crippen LogP) is 3.04. The van der Waals surface area contributed by atoms with Crippen molar-refractivity contribution in [2.24, 2.45) is 5.41 Å². The molecular formula is C17H18ClN3O2. The van der Waals surface area contributed by atoms with Gasteiger partial charge < -0.3 is 10.0 Å². The highest BCUT2D eigenvalue weighted by Gasteiger charge is 2.42. The summed E-state index contributed by atoms with van der Waals surface area (Å²) in [4.78, 5) is 22.4. The van der Waals surface area contributed by atoms with Gasteiger partial charge in [-0.3, -0.25) is 9.78 Å². The van der Waals surface area contributed by atoms with E-state index in [1.807, 2.05) is 23.1 Å². The number of aliphatic carboxylic acids is 1. The molecule has 2 aromatic rings. The van der Waals surface area contributed by atoms with E-state index in [2.05, 4.69) is 9.97 Å². The van der Waals surface area contributed by atoms with Crippen LogP contribution in [0, 0.1) is 5.41 Å². The number of rotatable bonds is 4. The van der Waals surface area contributed by atoms with E-state index < -0.39 is 11.4 Å². The van der Waals surface area contributed by atoms with Crippen LogP contribution in [0.15, 0.2) is 42.9 Å². The van der Waals surface area contributed by atoms with Gasteiger partial charge in [0.05, 0.1) is 11.6 Å². The zero-order valence-corrected chi connectivity index (χ0v) is 13.4. The molecule has 0 bridgehead atoms. The summed E-state index contributed by atoms with van der Waals surface area (Å²) in [5, 5.41) is 10.5. The molecule has 1 aliphatic rings. The van der Waals surface area contributed by atoms with Crippen LogP contribution in [-0.2, 0) is 11.2 Å². The van der Waals surface area contributed by atoms with E-state index in [9.17, 15) is 9.90 Å². The Morgan fingerprint density at radius 2 is 2.26 bits per heavy atom. The topological polar surface area (TPSA) is 66.3 Å². The van der Waals surface area contributed by atoms with Crippen LogP contribution < -0.4 is 4.90 Å². The first-order valence-electron chi connectivity index (χ1n) is 7.58. The van der Waals surface area contributed by atoms with Gasteiger partial charge in [-0.2, -0.15) is 0 Å². The molecule has 3 rings (SSSR count). The van der Waals surface area contributed by atoms with Crippen LogP contribution in [0.1, 0.15) is 18.4 Å². The number of hydrogen-bond acceptors (Lipinski definition) is 4. The second kappa shape index (κ2) is 6.54. The minimum Gasteiger partial charge on any atom is -0.481 e. The summed E-state index contributed by atoms with van der Waals surface area (Å²) in [6.45, 7) is 1.22. The Balaban J connectivity index is 1.87. The lowest BCUT2D eigenvalue weighted by atomic mass is 9.75. The van der Waals surface area contributed by atoms with Crippen LogP contribution in [-0.4, -0.2) is 34.1 Å². The van der Waals surface area contributed by atoms with Crippen molar-refractivity contribution >= 4 is 23.4 Å². The highest BCUT2D eigenvalue weighted by molar-refractivity contribution is 6.30. The second-order valence-corrected chi connectivity index (χ2v) is 6.42. The summed E-state index contributed by atoms with van der Waals surface area (Å²) in [7, 11) is 0. The number of nitrogens with zero attached hydrogens (tertiary/aromatic N) is 3. The maximum Gasteiger partial charge on any atom is 0.311 e. The van der Waals surface area contributed by atoms with Crippen LogP contribution in [0.3, 0.4) is 0 Å². The molecule has 0 amide bonds. The average molecular weight is 332 g/mol. The summed E-state index contributed by atoms with van der Waals surface area (Å²) in [5.41, 5.74) is 0.112. The summed E-state index contributed by atoms with van der Waals surface area (Å²) in [5.74, 6) is -0.0463. The lowest BCUT2D eigenvalue weighted by Crippen LogP contribution is -2.49. The number of benzene rings is 1. The van der Waals surface area contributed by atoms with Crippen molar-refractivity contribution < 1.29 is 9.90 Å². The van der Waals surface area contributed by atoms with Gasteiger partial charge in [0.2, 0.25) is 0 Å². The number of aromatic nitrogens is 2. The predicted molar refractivity (Wildman–Crippen MR) is 88.7 cm³/mol. The summed E-state index contributed by atoms with van der Waals surface area (Å²) in [6, 6.07) is 7.42. The Hall–Kier alpha value is -2.14. The van der Waals surface area contributed by atoms with E-state index in [1.54, 1.807) is 24.7 Å². The standard InChI is InChI=1S/C17H18ClN3O2/c18-14-4-1-3-13(9-14)10-17(16(22)23)5-2-8-21(12-17)15-11-19-6-7-20-15/h1,3-4,6-7,9,11H,2,5,8,10,12H2,(H,22,23)/t17-/m1/s1. The number of halogens is 1. The van der Waals surface area contributed by atoms with Crippen LogP contribution in [0.5, 0.6) is 0 Å². The lowest BCUT2D eigenvalue weighted by Gasteiger charge is -2.40. The maximum absolute atomic E-state index is 12.0. The molecule has 23 heavy (non-hydrogen) atoms. The molecular weight excluding hydrogens is 314 g/mol. The third-order valence-electron chi connectivity index (χ3n) is 4.34. The second-order valence-electron chi connectivity index (χ2n) is 5.98. The first-order chi connectivity index (χ1) is 11.1. The molecule has 1 aliphatic heterocycles. The molecule has 0 aliphatic carbocycles. The number of anilines is 1. The minimum absolute atomic E-state index is 0.424. The third-order valence-corrected chi connectivity index (χ3v) is 4.57. The molecule has 0 saturated carbocycles. The Morgan fingerprint density at radius 1 is 1.39 bits per heavy atom. The molecule has 1 fully saturated rings. The van der Waals surface area contributed by atoms with E-state index in [0.717, 1.165) is 24.3 Å². The molecule has 0 unspecified atom stereocenters. The molecule has 0 radical (unpaired) electrons. The van der Waals surface area contributed by atoms with Crippen LogP contribution in [0.25, 0.3) is 0 Å². The third kappa shape index (κ3) is 3.45. The van der Waals surface area contributed by atoms with Gasteiger partial charge in [0.1, 0.15) is 5.82 Å². The van der Waals surface area contributed by atoms with E-state index in [1.165, 1.54) is 0 Å². The molecule has 6 heteroatoms. The van der Waals surface area contributed by atoms with Gasteiger partial charge in [0.25, 0.3) is 0 Å². The highest BCUT2D eigenvalue weighted by Crippen LogP contribution is 2.36. The van der Waals surface area contributed by atoms with Crippen LogP contribution in [0.2, 0.25) is 5.02 Å². The summed E-state index contributed by atoms with van der Waals surface area (Å²) >= 11 is 6.04. The molecule has 120 valence electrons. The van der Waals surface area contributed by atoms with Crippen molar-refractivity contribution in [3.63, 3.8) is 0 Å². The Morgan fingerprint density at radius 3 is 2.96 bits per heavy atom. The fourth-order valence-electron chi connectivity index (χ4n) is 3.21. The molecule has 0 spiro atoms. The summed E-state index contributed by atoms with van der Waals surface area (Å²) in [6.07, 6.45) is 6.83. The molecule has 1 atom stereocenters. The lowest BCUT2D eigenvalue weighted by molar-refractivity contribution is -0.149. The number of carboxylic acid groups (broad SMARTS) is 1. The zero-order valence-electron chi connectivity index (χ0n) is 12.7. The monoisotopic (exact) mass is 331 g/mol. The molecule has 1 N–H and O–H groups in total. The average Bonchev–Trinajstić information content (AvgIpc) is 2.56.